The highest BCUT2D eigenvalue weighted by atomic mass is 16.5. The van der Waals surface area contributed by atoms with Crippen molar-refractivity contribution in [1.82, 2.24) is 9.13 Å². The molecule has 5 heterocycles. The van der Waals surface area contributed by atoms with E-state index in [1.807, 2.05) is 0 Å². The van der Waals surface area contributed by atoms with Crippen LogP contribution in [0.15, 0.2) is 200 Å². The zero-order chi connectivity index (χ0) is 54.4. The third kappa shape index (κ3) is 7.20. The lowest BCUT2D eigenvalue weighted by Crippen LogP contribution is -2.57. The van der Waals surface area contributed by atoms with Crippen molar-refractivity contribution in [2.45, 2.75) is 96.1 Å². The van der Waals surface area contributed by atoms with E-state index >= 15 is 0 Å². The summed E-state index contributed by atoms with van der Waals surface area (Å²) in [6.45, 7) is 14.1. The smallest absolute Gasteiger partial charge is 0.251 e. The van der Waals surface area contributed by atoms with E-state index in [1.165, 1.54) is 111 Å². The van der Waals surface area contributed by atoms with Gasteiger partial charge in [0.05, 0.1) is 34.6 Å². The Morgan fingerprint density at radius 3 is 1.95 bits per heavy atom. The van der Waals surface area contributed by atoms with E-state index in [4.69, 9.17) is 4.74 Å². The number of fused-ring (bicyclic) bond motifs is 14. The highest BCUT2D eigenvalue weighted by Gasteiger charge is 2.43. The molecule has 0 radical (unpaired) electrons. The summed E-state index contributed by atoms with van der Waals surface area (Å²) < 4.78 is 12.2. The van der Waals surface area contributed by atoms with Crippen LogP contribution in [0.2, 0.25) is 0 Å². The molecule has 5 nitrogen and oxygen atoms in total. The van der Waals surface area contributed by atoms with Crippen LogP contribution in [-0.2, 0) is 6.42 Å². The van der Waals surface area contributed by atoms with Crippen LogP contribution in [0.25, 0.3) is 50.2 Å². The molecule has 0 N–H and O–H groups in total. The first-order valence-electron chi connectivity index (χ1n) is 29.5. The molecular weight excluding hydrogens is 984 g/mol. The Bertz CT molecular complexity index is 4480. The lowest BCUT2D eigenvalue weighted by atomic mass is 9.33. The molecule has 3 aliphatic heterocycles. The molecule has 4 atom stereocenters. The minimum Gasteiger partial charge on any atom is -0.458 e. The quantitative estimate of drug-likeness (QED) is 0.112. The molecule has 6 heteroatoms. The van der Waals surface area contributed by atoms with Crippen LogP contribution in [0.1, 0.15) is 117 Å². The van der Waals surface area contributed by atoms with Gasteiger partial charge in [-0.15, -0.1) is 0 Å². The van der Waals surface area contributed by atoms with Crippen LogP contribution in [0.3, 0.4) is 0 Å². The van der Waals surface area contributed by atoms with Crippen LogP contribution < -0.4 is 30.9 Å². The summed E-state index contributed by atoms with van der Waals surface area (Å²) in [6, 6.07) is 60.4. The normalized spacial score (nSPS) is 18.8. The van der Waals surface area contributed by atoms with E-state index in [1.54, 1.807) is 0 Å². The molecule has 0 saturated carbocycles. The molecular formula is C75H63BN4O. The van der Waals surface area contributed by atoms with Gasteiger partial charge in [0.2, 0.25) is 0 Å². The second-order valence-corrected chi connectivity index (χ2v) is 24.2. The average molecular weight is 1050 g/mol. The predicted octanol–water partition coefficient (Wildman–Crippen LogP) is 16.6. The first-order valence-corrected chi connectivity index (χ1v) is 29.5. The predicted molar refractivity (Wildman–Crippen MR) is 340 cm³/mol. The van der Waals surface area contributed by atoms with Crippen molar-refractivity contribution < 1.29 is 4.74 Å². The molecule has 8 aromatic carbocycles. The van der Waals surface area contributed by atoms with Gasteiger partial charge in [0.1, 0.15) is 11.5 Å². The van der Waals surface area contributed by atoms with Crippen molar-refractivity contribution in [2.75, 3.05) is 9.80 Å². The minimum absolute atomic E-state index is 0.0165. The number of ether oxygens (including phenoxy) is 1. The van der Waals surface area contributed by atoms with Crippen molar-refractivity contribution in [3.8, 4) is 34.7 Å². The maximum Gasteiger partial charge on any atom is 0.251 e. The number of allylic oxidation sites excluding steroid dienone is 4. The molecule has 6 aliphatic rings. The Morgan fingerprint density at radius 2 is 1.16 bits per heavy atom. The van der Waals surface area contributed by atoms with Gasteiger partial charge in [0.25, 0.3) is 6.71 Å². The number of hydrogen-bond donors (Lipinski definition) is 0. The first kappa shape index (κ1) is 48.0. The lowest BCUT2D eigenvalue weighted by Gasteiger charge is -2.34. The second kappa shape index (κ2) is 18.3. The van der Waals surface area contributed by atoms with Crippen molar-refractivity contribution in [3.05, 3.63) is 239 Å². The highest BCUT2D eigenvalue weighted by molar-refractivity contribution is 6.97. The Kier molecular flexibility index (Phi) is 10.9. The van der Waals surface area contributed by atoms with E-state index < -0.39 is 0 Å². The molecule has 3 aliphatic carbocycles. The van der Waals surface area contributed by atoms with E-state index in [2.05, 4.69) is 279 Å². The molecule has 0 spiro atoms. The van der Waals surface area contributed by atoms with Crippen molar-refractivity contribution in [2.24, 2.45) is 0 Å². The molecule has 392 valence electrons. The topological polar surface area (TPSA) is 25.6 Å². The van der Waals surface area contributed by atoms with E-state index in [0.29, 0.717) is 11.8 Å². The minimum atomic E-state index is -0.121. The summed E-state index contributed by atoms with van der Waals surface area (Å²) in [5.41, 5.74) is 24.1. The molecule has 0 amide bonds. The first-order chi connectivity index (χ1) is 39.7. The molecule has 0 fully saturated rings. The molecule has 10 aromatic rings. The largest absolute Gasteiger partial charge is 0.458 e. The van der Waals surface area contributed by atoms with Crippen LogP contribution in [0.5, 0.6) is 11.5 Å². The number of para-hydroxylation sites is 3. The van der Waals surface area contributed by atoms with Gasteiger partial charge >= 0.3 is 0 Å². The number of nitrogens with zero attached hydrogens (tertiary/aromatic N) is 4. The lowest BCUT2D eigenvalue weighted by molar-refractivity contribution is 0.487. The number of anilines is 4. The second-order valence-electron chi connectivity index (χ2n) is 24.2. The number of rotatable bonds is 8. The molecule has 0 saturated heterocycles. The van der Waals surface area contributed by atoms with Gasteiger partial charge in [-0.2, -0.15) is 0 Å². The fourth-order valence-electron chi connectivity index (χ4n) is 15.0. The maximum atomic E-state index is 7.23. The number of aromatic nitrogens is 2. The van der Waals surface area contributed by atoms with Crippen LogP contribution in [0, 0.1) is 11.8 Å². The van der Waals surface area contributed by atoms with Crippen molar-refractivity contribution in [1.29, 1.82) is 0 Å². The summed E-state index contributed by atoms with van der Waals surface area (Å²) >= 11 is 0. The molecule has 81 heavy (non-hydrogen) atoms. The molecule has 0 bridgehead atoms. The van der Waals surface area contributed by atoms with Gasteiger partial charge < -0.3 is 23.7 Å². The standard InChI is InChI=1S/C75H63BN4O/c1-45(2)48-39-59(46(3)4)75(60(40-48)47(5)6)76-63-43-51(79-69-29-17-11-23-57(69)61-41-49(31-35-71(61)79)77-65-25-13-7-19-53(65)54-20-8-14-26-66(54)77)33-37-73(63)81-74-38-34-52(44-64(74)76)80-70-30-18-12-24-58(70)62-42-50(32-36-72(62)80)78-67-27-15-9-21-55(67)56-22-10-16-28-68(56)78/h7-11,13,15-23,25,27-47,55,58,67,70H,14,26H2,1-6H3. The zero-order valence-corrected chi connectivity index (χ0v) is 46.9. The average Bonchev–Trinajstić information content (AvgIpc) is 4.46. The van der Waals surface area contributed by atoms with E-state index in [-0.39, 0.29) is 36.6 Å². The molecule has 4 unspecified atom stereocenters. The SMILES string of the molecule is CC(C)c1cc(C(C)C)c(B2c3cc(N4c5ccc(N6c7ccccc7C7C=CC=CC76)cc5C5C#CC=CC54)ccc3Oc3ccc(-n4c5ccccc5c5cc(-n6c7c(c8ccccc86)C=CCC7)ccc54)cc32)c(C(C)C)c1. The van der Waals surface area contributed by atoms with Crippen molar-refractivity contribution in [3.63, 3.8) is 0 Å². The Balaban J connectivity index is 0.871. The van der Waals surface area contributed by atoms with Gasteiger partial charge in [0.15, 0.2) is 0 Å². The number of hydrogen-bond acceptors (Lipinski definition) is 3. The van der Waals surface area contributed by atoms with Gasteiger partial charge in [-0.25, -0.2) is 0 Å². The molecule has 16 rings (SSSR count). The van der Waals surface area contributed by atoms with Crippen LogP contribution >= 0.6 is 0 Å². The third-order valence-corrected chi connectivity index (χ3v) is 18.7. The van der Waals surface area contributed by atoms with E-state index in [0.717, 1.165) is 35.7 Å². The Hall–Kier alpha value is -8.92. The highest BCUT2D eigenvalue weighted by Crippen LogP contribution is 2.52. The third-order valence-electron chi connectivity index (χ3n) is 18.7. The van der Waals surface area contributed by atoms with Gasteiger partial charge in [-0.3, -0.25) is 0 Å². The maximum absolute atomic E-state index is 7.23. The van der Waals surface area contributed by atoms with Crippen LogP contribution in [-0.4, -0.2) is 27.9 Å². The fraction of sp³-hybridized carbons (Fsp3) is 0.200. The van der Waals surface area contributed by atoms with Gasteiger partial charge in [-0.05, 0) is 166 Å². The van der Waals surface area contributed by atoms with Crippen molar-refractivity contribution >= 4 is 84.6 Å². The summed E-state index contributed by atoms with van der Waals surface area (Å²) in [5.74, 6) is 10.2. The number of benzene rings is 8. The summed E-state index contributed by atoms with van der Waals surface area (Å²) in [5, 5.41) is 3.79. The Morgan fingerprint density at radius 1 is 0.531 bits per heavy atom. The van der Waals surface area contributed by atoms with Crippen LogP contribution in [0.4, 0.5) is 22.7 Å². The monoisotopic (exact) mass is 1050 g/mol. The molecule has 2 aromatic heterocycles. The zero-order valence-electron chi connectivity index (χ0n) is 46.9. The van der Waals surface area contributed by atoms with E-state index in [9.17, 15) is 0 Å². The van der Waals surface area contributed by atoms with Gasteiger partial charge in [0, 0.05) is 67.5 Å². The Labute approximate surface area is 475 Å². The summed E-state index contributed by atoms with van der Waals surface area (Å²) in [7, 11) is 0. The fourth-order valence-corrected chi connectivity index (χ4v) is 15.0. The summed E-state index contributed by atoms with van der Waals surface area (Å²) in [6.07, 6.45) is 20.2. The summed E-state index contributed by atoms with van der Waals surface area (Å²) in [4.78, 5) is 5.11. The van der Waals surface area contributed by atoms with Gasteiger partial charge in [-0.1, -0.05) is 168 Å².